The first-order valence-corrected chi connectivity index (χ1v) is 7.94. The average molecular weight is 340 g/mol. The van der Waals surface area contributed by atoms with Crippen molar-refractivity contribution in [1.29, 1.82) is 0 Å². The molecule has 0 unspecified atom stereocenters. The number of amides is 2. The minimum absolute atomic E-state index is 0. The van der Waals surface area contributed by atoms with Crippen LogP contribution in [0.1, 0.15) is 31.2 Å². The van der Waals surface area contributed by atoms with Gasteiger partial charge in [0.05, 0.1) is 6.04 Å². The lowest BCUT2D eigenvalue weighted by atomic mass is 9.81. The number of hydrogen-bond donors (Lipinski definition) is 3. The van der Waals surface area contributed by atoms with Crippen LogP contribution >= 0.6 is 12.4 Å². The molecule has 0 saturated heterocycles. The quantitative estimate of drug-likeness (QED) is 0.754. The Morgan fingerprint density at radius 3 is 2.30 bits per heavy atom. The smallest absolute Gasteiger partial charge is 0.243 e. The highest BCUT2D eigenvalue weighted by atomic mass is 35.5. The van der Waals surface area contributed by atoms with Gasteiger partial charge in [-0.1, -0.05) is 30.3 Å². The molecule has 2 amide bonds. The van der Waals surface area contributed by atoms with E-state index >= 15 is 0 Å². The fourth-order valence-corrected chi connectivity index (χ4v) is 2.94. The van der Waals surface area contributed by atoms with Gasteiger partial charge in [-0.15, -0.1) is 12.4 Å². The number of nitrogens with one attached hydrogen (secondary N) is 1. The van der Waals surface area contributed by atoms with Crippen molar-refractivity contribution in [3.05, 3.63) is 35.9 Å². The summed E-state index contributed by atoms with van der Waals surface area (Å²) in [5, 5.41) is 2.47. The third-order valence-corrected chi connectivity index (χ3v) is 4.43. The zero-order chi connectivity index (χ0) is 15.9. The minimum atomic E-state index is -0.702. The van der Waals surface area contributed by atoms with Gasteiger partial charge in [0.25, 0.3) is 0 Å². The Balaban J connectivity index is 0.00000264. The van der Waals surface area contributed by atoms with E-state index < -0.39 is 11.9 Å². The van der Waals surface area contributed by atoms with Gasteiger partial charge in [0.1, 0.15) is 0 Å². The number of hydrogen-bond acceptors (Lipinski definition) is 4. The molecule has 1 aliphatic rings. The number of imide groups is 1. The standard InChI is InChI=1S/C17H25N3O2.ClH/c18-11-13-6-8-14(9-7-13)16(21)20-17(22)15(19)10-12-4-2-1-3-5-12;/h1-5,13-15H,6-11,18-19H2,(H,20,21,22);1H/t13?,14?,15-;/m0./s1. The van der Waals surface area contributed by atoms with Crippen LogP contribution in [0.25, 0.3) is 0 Å². The molecule has 128 valence electrons. The van der Waals surface area contributed by atoms with Gasteiger partial charge in [0.15, 0.2) is 0 Å². The molecule has 1 fully saturated rings. The topological polar surface area (TPSA) is 98.2 Å². The number of benzene rings is 1. The highest BCUT2D eigenvalue weighted by Gasteiger charge is 2.27. The van der Waals surface area contributed by atoms with Crippen molar-refractivity contribution >= 4 is 24.2 Å². The van der Waals surface area contributed by atoms with E-state index in [0.717, 1.165) is 31.2 Å². The second-order valence-electron chi connectivity index (χ2n) is 6.10. The second kappa shape index (κ2) is 9.65. The Morgan fingerprint density at radius 2 is 1.74 bits per heavy atom. The maximum atomic E-state index is 12.1. The largest absolute Gasteiger partial charge is 0.330 e. The lowest BCUT2D eigenvalue weighted by Crippen LogP contribution is -2.47. The fraction of sp³-hybridized carbons (Fsp3) is 0.529. The summed E-state index contributed by atoms with van der Waals surface area (Å²) >= 11 is 0. The zero-order valence-corrected chi connectivity index (χ0v) is 14.1. The van der Waals surface area contributed by atoms with Gasteiger partial charge in [0.2, 0.25) is 11.8 Å². The molecular weight excluding hydrogens is 314 g/mol. The van der Waals surface area contributed by atoms with Crippen molar-refractivity contribution < 1.29 is 9.59 Å². The van der Waals surface area contributed by atoms with Gasteiger partial charge in [-0.3, -0.25) is 14.9 Å². The summed E-state index contributed by atoms with van der Waals surface area (Å²) in [5.41, 5.74) is 12.5. The second-order valence-corrected chi connectivity index (χ2v) is 6.10. The summed E-state index contributed by atoms with van der Waals surface area (Å²) in [6.07, 6.45) is 3.95. The molecule has 1 saturated carbocycles. The predicted octanol–water partition coefficient (Wildman–Crippen LogP) is 1.39. The summed E-state index contributed by atoms with van der Waals surface area (Å²) in [7, 11) is 0. The molecule has 0 bridgehead atoms. The molecule has 0 aliphatic heterocycles. The first-order valence-electron chi connectivity index (χ1n) is 7.94. The third-order valence-electron chi connectivity index (χ3n) is 4.43. The van der Waals surface area contributed by atoms with Gasteiger partial charge in [-0.05, 0) is 50.1 Å². The molecule has 0 radical (unpaired) electrons. The highest BCUT2D eigenvalue weighted by molar-refractivity contribution is 5.98. The highest BCUT2D eigenvalue weighted by Crippen LogP contribution is 2.28. The molecule has 5 nitrogen and oxygen atoms in total. The van der Waals surface area contributed by atoms with E-state index in [1.54, 1.807) is 0 Å². The van der Waals surface area contributed by atoms with Gasteiger partial charge in [0, 0.05) is 5.92 Å². The molecule has 0 heterocycles. The molecule has 6 heteroatoms. The van der Waals surface area contributed by atoms with Crippen LogP contribution in [0.3, 0.4) is 0 Å². The van der Waals surface area contributed by atoms with E-state index in [2.05, 4.69) is 5.32 Å². The summed E-state index contributed by atoms with van der Waals surface area (Å²) in [5.74, 6) is -0.158. The van der Waals surface area contributed by atoms with E-state index in [1.807, 2.05) is 30.3 Å². The molecular formula is C17H26ClN3O2. The number of rotatable bonds is 5. The minimum Gasteiger partial charge on any atom is -0.330 e. The van der Waals surface area contributed by atoms with Crippen molar-refractivity contribution in [2.45, 2.75) is 38.1 Å². The van der Waals surface area contributed by atoms with Crippen LogP contribution in [0.2, 0.25) is 0 Å². The van der Waals surface area contributed by atoms with Crippen molar-refractivity contribution in [2.75, 3.05) is 6.54 Å². The van der Waals surface area contributed by atoms with E-state index in [-0.39, 0.29) is 24.2 Å². The van der Waals surface area contributed by atoms with Crippen LogP contribution in [0.4, 0.5) is 0 Å². The summed E-state index contributed by atoms with van der Waals surface area (Å²) in [4.78, 5) is 24.2. The molecule has 23 heavy (non-hydrogen) atoms. The molecule has 1 aromatic carbocycles. The van der Waals surface area contributed by atoms with Crippen LogP contribution in [-0.4, -0.2) is 24.4 Å². The first-order chi connectivity index (χ1) is 10.6. The fourth-order valence-electron chi connectivity index (χ4n) is 2.94. The van der Waals surface area contributed by atoms with Gasteiger partial charge in [-0.25, -0.2) is 0 Å². The maximum absolute atomic E-state index is 12.1. The molecule has 0 spiro atoms. The Morgan fingerprint density at radius 1 is 1.13 bits per heavy atom. The number of carbonyl (C=O) groups is 2. The number of nitrogens with two attached hydrogens (primary N) is 2. The Labute approximate surface area is 143 Å². The Kier molecular flexibility index (Phi) is 8.23. The van der Waals surface area contributed by atoms with Gasteiger partial charge >= 0.3 is 0 Å². The number of carbonyl (C=O) groups excluding carboxylic acids is 2. The molecule has 2 rings (SSSR count). The lowest BCUT2D eigenvalue weighted by molar-refractivity contribution is -0.134. The van der Waals surface area contributed by atoms with E-state index in [9.17, 15) is 9.59 Å². The average Bonchev–Trinajstić information content (AvgIpc) is 2.55. The monoisotopic (exact) mass is 339 g/mol. The molecule has 1 aliphatic carbocycles. The van der Waals surface area contributed by atoms with E-state index in [4.69, 9.17) is 11.5 Å². The first kappa shape index (κ1) is 19.6. The van der Waals surface area contributed by atoms with Crippen LogP contribution in [0.15, 0.2) is 30.3 Å². The van der Waals surface area contributed by atoms with Crippen molar-refractivity contribution in [3.63, 3.8) is 0 Å². The van der Waals surface area contributed by atoms with Crippen LogP contribution in [0, 0.1) is 11.8 Å². The summed E-state index contributed by atoms with van der Waals surface area (Å²) in [6, 6.07) is 8.86. The predicted molar refractivity (Wildman–Crippen MR) is 93.0 cm³/mol. The van der Waals surface area contributed by atoms with Crippen LogP contribution < -0.4 is 16.8 Å². The number of halogens is 1. The Hall–Kier alpha value is -1.43. The lowest BCUT2D eigenvalue weighted by Gasteiger charge is -2.26. The third kappa shape index (κ3) is 5.94. The maximum Gasteiger partial charge on any atom is 0.243 e. The Bertz CT molecular complexity index is 502. The zero-order valence-electron chi connectivity index (χ0n) is 13.2. The van der Waals surface area contributed by atoms with Gasteiger partial charge < -0.3 is 11.5 Å². The molecule has 1 aromatic rings. The molecule has 0 aromatic heterocycles. The summed E-state index contributed by atoms with van der Waals surface area (Å²) in [6.45, 7) is 0.676. The SMILES string of the molecule is Cl.NCC1CCC(C(=O)NC(=O)[C@@H](N)Cc2ccccc2)CC1. The van der Waals surface area contributed by atoms with Crippen molar-refractivity contribution in [3.8, 4) is 0 Å². The summed E-state index contributed by atoms with van der Waals surface area (Å²) < 4.78 is 0. The van der Waals surface area contributed by atoms with Gasteiger partial charge in [-0.2, -0.15) is 0 Å². The molecule has 5 N–H and O–H groups in total. The van der Waals surface area contributed by atoms with Crippen LogP contribution in [-0.2, 0) is 16.0 Å². The van der Waals surface area contributed by atoms with Crippen molar-refractivity contribution in [1.82, 2.24) is 5.32 Å². The van der Waals surface area contributed by atoms with Crippen molar-refractivity contribution in [2.24, 2.45) is 23.3 Å². The molecule has 1 atom stereocenters. The van der Waals surface area contributed by atoms with E-state index in [0.29, 0.717) is 18.9 Å². The van der Waals surface area contributed by atoms with Crippen LogP contribution in [0.5, 0.6) is 0 Å². The van der Waals surface area contributed by atoms with E-state index in [1.165, 1.54) is 0 Å². The normalized spacial score (nSPS) is 21.8.